The number of amides is 1. The summed E-state index contributed by atoms with van der Waals surface area (Å²) in [7, 11) is 1.66. The van der Waals surface area contributed by atoms with Crippen molar-refractivity contribution in [1.82, 2.24) is 0 Å². The first-order valence-corrected chi connectivity index (χ1v) is 10.4. The van der Waals surface area contributed by atoms with Crippen LogP contribution in [0.1, 0.15) is 31.2 Å². The van der Waals surface area contributed by atoms with Crippen molar-refractivity contribution in [2.45, 2.75) is 31.8 Å². The average Bonchev–Trinajstić information content (AvgIpc) is 3.31. The minimum Gasteiger partial charge on any atom is -0.497 e. The van der Waals surface area contributed by atoms with Crippen LogP contribution in [-0.4, -0.2) is 32.3 Å². The Morgan fingerprint density at radius 3 is 2.53 bits per heavy atom. The second-order valence-corrected chi connectivity index (χ2v) is 7.65. The van der Waals surface area contributed by atoms with Crippen molar-refractivity contribution in [1.29, 1.82) is 0 Å². The van der Waals surface area contributed by atoms with Gasteiger partial charge in [-0.15, -0.1) is 0 Å². The van der Waals surface area contributed by atoms with E-state index in [2.05, 4.69) is 11.4 Å². The summed E-state index contributed by atoms with van der Waals surface area (Å²) < 4.78 is 16.6. The lowest BCUT2D eigenvalue weighted by atomic mass is 9.97. The molecule has 4 rings (SSSR count). The van der Waals surface area contributed by atoms with E-state index in [1.807, 2.05) is 61.5 Å². The average molecular weight is 405 g/mol. The molecule has 1 heterocycles. The molecule has 5 nitrogen and oxygen atoms in total. The molecular formula is C25H27NO4. The van der Waals surface area contributed by atoms with Crippen molar-refractivity contribution in [3.8, 4) is 11.5 Å². The number of ether oxygens (including phenoxy) is 3. The van der Waals surface area contributed by atoms with Crippen LogP contribution in [0, 0.1) is 0 Å². The van der Waals surface area contributed by atoms with Crippen molar-refractivity contribution in [2.24, 2.45) is 0 Å². The molecule has 30 heavy (non-hydrogen) atoms. The largest absolute Gasteiger partial charge is 0.497 e. The van der Waals surface area contributed by atoms with Crippen LogP contribution in [0.15, 0.2) is 60.7 Å². The Morgan fingerprint density at radius 1 is 1.07 bits per heavy atom. The normalized spacial score (nSPS) is 16.9. The van der Waals surface area contributed by atoms with Gasteiger partial charge in [-0.2, -0.15) is 0 Å². The fourth-order valence-corrected chi connectivity index (χ4v) is 3.64. The van der Waals surface area contributed by atoms with E-state index in [9.17, 15) is 4.79 Å². The molecule has 5 heteroatoms. The van der Waals surface area contributed by atoms with Crippen molar-refractivity contribution < 1.29 is 19.0 Å². The number of hydrogen-bond acceptors (Lipinski definition) is 4. The van der Waals surface area contributed by atoms with E-state index in [0.29, 0.717) is 6.61 Å². The van der Waals surface area contributed by atoms with Gasteiger partial charge in [0.2, 0.25) is 5.91 Å². The highest BCUT2D eigenvalue weighted by molar-refractivity contribution is 5.96. The number of anilines is 1. The molecule has 1 N–H and O–H groups in total. The first kappa shape index (κ1) is 20.2. The van der Waals surface area contributed by atoms with E-state index in [4.69, 9.17) is 14.2 Å². The van der Waals surface area contributed by atoms with Gasteiger partial charge in [0, 0.05) is 12.3 Å². The fourth-order valence-electron chi connectivity index (χ4n) is 3.64. The van der Waals surface area contributed by atoms with Crippen LogP contribution >= 0.6 is 0 Å². The summed E-state index contributed by atoms with van der Waals surface area (Å²) in [6.45, 7) is 3.30. The molecule has 0 aromatic heterocycles. The Kier molecular flexibility index (Phi) is 6.19. The van der Waals surface area contributed by atoms with Crippen LogP contribution in [0.2, 0.25) is 0 Å². The maximum atomic E-state index is 12.8. The van der Waals surface area contributed by atoms with Crippen LogP contribution < -0.4 is 14.8 Å². The zero-order valence-corrected chi connectivity index (χ0v) is 17.4. The van der Waals surface area contributed by atoms with Crippen LogP contribution in [0.5, 0.6) is 11.5 Å². The lowest BCUT2D eigenvalue weighted by molar-refractivity contribution is -0.117. The van der Waals surface area contributed by atoms with Gasteiger partial charge in [0.05, 0.1) is 19.1 Å². The number of carbonyl (C=O) groups excluding carboxylic acids is 1. The van der Waals surface area contributed by atoms with E-state index in [1.165, 1.54) is 0 Å². The summed E-state index contributed by atoms with van der Waals surface area (Å²) in [5, 5.41) is 5.16. The van der Waals surface area contributed by atoms with Crippen LogP contribution in [0.4, 0.5) is 5.69 Å². The van der Waals surface area contributed by atoms with Crippen molar-refractivity contribution >= 4 is 22.4 Å². The molecule has 1 fully saturated rings. The molecule has 2 atom stereocenters. The molecule has 3 aromatic rings. The van der Waals surface area contributed by atoms with Crippen molar-refractivity contribution in [2.75, 3.05) is 25.6 Å². The van der Waals surface area contributed by atoms with E-state index in [-0.39, 0.29) is 17.9 Å². The van der Waals surface area contributed by atoms with Gasteiger partial charge in [-0.1, -0.05) is 24.3 Å². The zero-order valence-electron chi connectivity index (χ0n) is 17.4. The highest BCUT2D eigenvalue weighted by Gasteiger charge is 2.17. The van der Waals surface area contributed by atoms with Crippen molar-refractivity contribution in [3.63, 3.8) is 0 Å². The minimum atomic E-state index is -0.271. The van der Waals surface area contributed by atoms with Gasteiger partial charge in [0.25, 0.3) is 0 Å². The van der Waals surface area contributed by atoms with Gasteiger partial charge in [0.1, 0.15) is 18.1 Å². The summed E-state index contributed by atoms with van der Waals surface area (Å²) >= 11 is 0. The van der Waals surface area contributed by atoms with Gasteiger partial charge < -0.3 is 19.5 Å². The third kappa shape index (κ3) is 4.74. The molecular weight excluding hydrogens is 378 g/mol. The standard InChI is InChI=1S/C25H27NO4/c1-17(18-5-6-20-15-23(28-2)10-7-19(20)14-18)25(27)26-21-8-11-22(12-9-21)30-16-24-4-3-13-29-24/h5-12,14-15,17,24H,3-4,13,16H2,1-2H3,(H,26,27)/t17-,24?/m0/s1. The molecule has 3 aromatic carbocycles. The van der Waals surface area contributed by atoms with Crippen molar-refractivity contribution in [3.05, 3.63) is 66.2 Å². The number of benzene rings is 3. The summed E-state index contributed by atoms with van der Waals surface area (Å²) in [6, 6.07) is 19.5. The maximum Gasteiger partial charge on any atom is 0.231 e. The topological polar surface area (TPSA) is 56.8 Å². The summed E-state index contributed by atoms with van der Waals surface area (Å²) in [6.07, 6.45) is 2.34. The number of methoxy groups -OCH3 is 1. The molecule has 1 aliphatic rings. The first-order chi connectivity index (χ1) is 14.6. The number of nitrogens with one attached hydrogen (secondary N) is 1. The molecule has 1 aliphatic heterocycles. The molecule has 1 saturated heterocycles. The number of hydrogen-bond donors (Lipinski definition) is 1. The Balaban J connectivity index is 1.37. The highest BCUT2D eigenvalue weighted by atomic mass is 16.5. The Labute approximate surface area is 177 Å². The van der Waals surface area contributed by atoms with Crippen LogP contribution in [0.3, 0.4) is 0 Å². The summed E-state index contributed by atoms with van der Waals surface area (Å²) in [5.41, 5.74) is 1.73. The van der Waals surface area contributed by atoms with E-state index >= 15 is 0 Å². The van der Waals surface area contributed by atoms with Gasteiger partial charge in [-0.05, 0) is 72.5 Å². The fraction of sp³-hybridized carbons (Fsp3) is 0.320. The van der Waals surface area contributed by atoms with Crippen LogP contribution in [-0.2, 0) is 9.53 Å². The molecule has 1 unspecified atom stereocenters. The second-order valence-electron chi connectivity index (χ2n) is 7.65. The summed E-state index contributed by atoms with van der Waals surface area (Å²) in [4.78, 5) is 12.8. The van der Waals surface area contributed by atoms with E-state index in [1.54, 1.807) is 7.11 Å². The molecule has 1 amide bonds. The smallest absolute Gasteiger partial charge is 0.231 e. The van der Waals surface area contributed by atoms with Gasteiger partial charge >= 0.3 is 0 Å². The van der Waals surface area contributed by atoms with Gasteiger partial charge in [0.15, 0.2) is 0 Å². The molecule has 0 bridgehead atoms. The number of fused-ring (bicyclic) bond motifs is 1. The molecule has 156 valence electrons. The SMILES string of the molecule is COc1ccc2cc([C@H](C)C(=O)Nc3ccc(OCC4CCCO4)cc3)ccc2c1. The summed E-state index contributed by atoms with van der Waals surface area (Å²) in [5.74, 6) is 1.29. The van der Waals surface area contributed by atoms with Gasteiger partial charge in [-0.3, -0.25) is 4.79 Å². The Morgan fingerprint density at radius 2 is 1.80 bits per heavy atom. The predicted molar refractivity (Wildman–Crippen MR) is 118 cm³/mol. The lowest BCUT2D eigenvalue weighted by Crippen LogP contribution is -2.19. The molecule has 0 radical (unpaired) electrons. The van der Waals surface area contributed by atoms with Crippen LogP contribution in [0.25, 0.3) is 10.8 Å². The molecule has 0 spiro atoms. The monoisotopic (exact) mass is 405 g/mol. The molecule has 0 saturated carbocycles. The van der Waals surface area contributed by atoms with E-state index < -0.39 is 0 Å². The second kappa shape index (κ2) is 9.18. The quantitative estimate of drug-likeness (QED) is 0.591. The van der Waals surface area contributed by atoms with Gasteiger partial charge in [-0.25, -0.2) is 0 Å². The number of carbonyl (C=O) groups is 1. The third-order valence-corrected chi connectivity index (χ3v) is 5.55. The number of rotatable bonds is 7. The van der Waals surface area contributed by atoms with E-state index in [0.717, 1.165) is 53.0 Å². The minimum absolute atomic E-state index is 0.0455. The predicted octanol–water partition coefficient (Wildman–Crippen LogP) is 5.15. The molecule has 0 aliphatic carbocycles. The highest BCUT2D eigenvalue weighted by Crippen LogP contribution is 2.26. The maximum absolute atomic E-state index is 12.8. The Hall–Kier alpha value is -3.05. The lowest BCUT2D eigenvalue weighted by Gasteiger charge is -2.15. The third-order valence-electron chi connectivity index (χ3n) is 5.55. The zero-order chi connectivity index (χ0) is 20.9. The first-order valence-electron chi connectivity index (χ1n) is 10.4. The Bertz CT molecular complexity index is 1010.